The van der Waals surface area contributed by atoms with E-state index in [9.17, 15) is 8.42 Å². The van der Waals surface area contributed by atoms with Gasteiger partial charge in [-0.05, 0) is 24.6 Å². The third kappa shape index (κ3) is 3.76. The highest BCUT2D eigenvalue weighted by molar-refractivity contribution is 7.91. The molecule has 1 heterocycles. The van der Waals surface area contributed by atoms with Crippen LogP contribution in [0.1, 0.15) is 18.2 Å². The maximum Gasteiger partial charge on any atom is 0.254 e. The smallest absolute Gasteiger partial charge is 0.229 e. The van der Waals surface area contributed by atoms with Crippen molar-refractivity contribution in [2.45, 2.75) is 24.6 Å². The van der Waals surface area contributed by atoms with Gasteiger partial charge in [0.1, 0.15) is 0 Å². The molecule has 0 saturated heterocycles. The Morgan fingerprint density at radius 1 is 1.33 bits per heavy atom. The fourth-order valence-electron chi connectivity index (χ4n) is 1.91. The van der Waals surface area contributed by atoms with E-state index in [0.29, 0.717) is 17.3 Å². The largest absolute Gasteiger partial charge is 0.254 e. The fraction of sp³-hybridized carbons (Fsp3) is 0.308. The molecule has 114 valence electrons. The van der Waals surface area contributed by atoms with Crippen LogP contribution < -0.4 is 0 Å². The molecule has 0 unspecified atom stereocenters. The summed E-state index contributed by atoms with van der Waals surface area (Å²) in [6.45, 7) is 4.04. The zero-order valence-electron chi connectivity index (χ0n) is 11.5. The van der Waals surface area contributed by atoms with Crippen molar-refractivity contribution in [2.24, 2.45) is 0 Å². The minimum absolute atomic E-state index is 0.191. The first-order chi connectivity index (χ1) is 9.84. The molecule has 0 bridgehead atoms. The van der Waals surface area contributed by atoms with Gasteiger partial charge in [0, 0.05) is 18.1 Å². The number of hydrogen-bond donors (Lipinski definition) is 0. The molecule has 8 heteroatoms. The van der Waals surface area contributed by atoms with Crippen LogP contribution in [0.15, 0.2) is 28.5 Å². The normalized spacial score (nSPS) is 12.0. The second-order valence-electron chi connectivity index (χ2n) is 4.40. The summed E-state index contributed by atoms with van der Waals surface area (Å²) in [5, 5.41) is 0.581. The van der Waals surface area contributed by atoms with Gasteiger partial charge in [-0.25, -0.2) is 13.4 Å². The standard InChI is InChI=1S/C13H14Cl2N2O2S2/c1-3-17(8-10-5-4-6-11(14)7-10)21(18,19)12-9(2)16-13(15)20-12/h4-7H,3,8H2,1-2H3. The van der Waals surface area contributed by atoms with Crippen LogP contribution in [0, 0.1) is 6.92 Å². The van der Waals surface area contributed by atoms with Gasteiger partial charge in [0.05, 0.1) is 5.69 Å². The van der Waals surface area contributed by atoms with Gasteiger partial charge in [0.25, 0.3) is 10.0 Å². The molecular formula is C13H14Cl2N2O2S2. The quantitative estimate of drug-likeness (QED) is 0.806. The Balaban J connectivity index is 2.34. The third-order valence-electron chi connectivity index (χ3n) is 2.90. The number of hydrogen-bond acceptors (Lipinski definition) is 4. The number of nitrogens with zero attached hydrogens (tertiary/aromatic N) is 2. The summed E-state index contributed by atoms with van der Waals surface area (Å²) in [4.78, 5) is 3.97. The van der Waals surface area contributed by atoms with Crippen molar-refractivity contribution in [3.63, 3.8) is 0 Å². The second-order valence-corrected chi connectivity index (χ2v) is 8.55. The van der Waals surface area contributed by atoms with Crippen LogP contribution >= 0.6 is 34.5 Å². The molecular weight excluding hydrogens is 351 g/mol. The lowest BCUT2D eigenvalue weighted by Gasteiger charge is -2.20. The van der Waals surface area contributed by atoms with Gasteiger partial charge >= 0.3 is 0 Å². The minimum atomic E-state index is -3.61. The number of rotatable bonds is 5. The molecule has 0 amide bonds. The van der Waals surface area contributed by atoms with Gasteiger partial charge in [-0.2, -0.15) is 4.31 Å². The summed E-state index contributed by atoms with van der Waals surface area (Å²) in [7, 11) is -3.61. The number of thiazole rings is 1. The number of aromatic nitrogens is 1. The lowest BCUT2D eigenvalue weighted by molar-refractivity contribution is 0.424. The van der Waals surface area contributed by atoms with Gasteiger partial charge in [-0.15, -0.1) is 0 Å². The van der Waals surface area contributed by atoms with E-state index in [1.807, 2.05) is 6.07 Å². The van der Waals surface area contributed by atoms with Crippen molar-refractivity contribution in [1.82, 2.24) is 9.29 Å². The lowest BCUT2D eigenvalue weighted by atomic mass is 10.2. The highest BCUT2D eigenvalue weighted by Gasteiger charge is 2.28. The van der Waals surface area contributed by atoms with E-state index in [4.69, 9.17) is 23.2 Å². The summed E-state index contributed by atoms with van der Waals surface area (Å²) in [6.07, 6.45) is 0. The molecule has 2 rings (SSSR count). The topological polar surface area (TPSA) is 50.3 Å². The molecule has 0 fully saturated rings. The van der Waals surface area contributed by atoms with Crippen molar-refractivity contribution in [3.05, 3.63) is 45.0 Å². The van der Waals surface area contributed by atoms with Gasteiger partial charge in [0.2, 0.25) is 0 Å². The molecule has 0 saturated carbocycles. The first-order valence-corrected chi connectivity index (χ1v) is 9.23. The van der Waals surface area contributed by atoms with Crippen molar-refractivity contribution < 1.29 is 8.42 Å². The SMILES string of the molecule is CCN(Cc1cccc(Cl)c1)S(=O)(=O)c1sc(Cl)nc1C. The molecule has 0 atom stereocenters. The highest BCUT2D eigenvalue weighted by Crippen LogP contribution is 2.30. The molecule has 1 aromatic heterocycles. The first-order valence-electron chi connectivity index (χ1n) is 6.22. The van der Waals surface area contributed by atoms with Crippen molar-refractivity contribution in [2.75, 3.05) is 6.54 Å². The number of halogens is 2. The van der Waals surface area contributed by atoms with Crippen LogP contribution in [0.25, 0.3) is 0 Å². The Morgan fingerprint density at radius 3 is 2.57 bits per heavy atom. The van der Waals surface area contributed by atoms with Crippen LogP contribution in [0.5, 0.6) is 0 Å². The summed E-state index contributed by atoms with van der Waals surface area (Å²) in [5.74, 6) is 0. The second kappa shape index (κ2) is 6.62. The van der Waals surface area contributed by atoms with Crippen molar-refractivity contribution in [1.29, 1.82) is 0 Å². The van der Waals surface area contributed by atoms with E-state index in [1.165, 1.54) is 4.31 Å². The average Bonchev–Trinajstić information content (AvgIpc) is 2.75. The third-order valence-corrected chi connectivity index (χ3v) is 6.91. The highest BCUT2D eigenvalue weighted by atomic mass is 35.5. The van der Waals surface area contributed by atoms with E-state index in [2.05, 4.69) is 4.98 Å². The fourth-order valence-corrected chi connectivity index (χ4v) is 5.44. The predicted molar refractivity (Wildman–Crippen MR) is 86.6 cm³/mol. The number of aryl methyl sites for hydroxylation is 1. The molecule has 0 spiro atoms. The molecule has 4 nitrogen and oxygen atoms in total. The first kappa shape index (κ1) is 16.7. The summed E-state index contributed by atoms with van der Waals surface area (Å²) < 4.78 is 27.2. The van der Waals surface area contributed by atoms with E-state index in [-0.39, 0.29) is 15.2 Å². The Kier molecular flexibility index (Phi) is 5.27. The van der Waals surface area contributed by atoms with Crippen LogP contribution in [-0.2, 0) is 16.6 Å². The van der Waals surface area contributed by atoms with Crippen LogP contribution in [0.3, 0.4) is 0 Å². The molecule has 1 aromatic carbocycles. The minimum Gasteiger partial charge on any atom is -0.229 e. The van der Waals surface area contributed by atoms with Gasteiger partial charge in [-0.3, -0.25) is 0 Å². The molecule has 0 aliphatic carbocycles. The molecule has 0 radical (unpaired) electrons. The number of benzene rings is 1. The van der Waals surface area contributed by atoms with E-state index < -0.39 is 10.0 Å². The molecule has 0 N–H and O–H groups in total. The molecule has 21 heavy (non-hydrogen) atoms. The van der Waals surface area contributed by atoms with E-state index in [0.717, 1.165) is 16.9 Å². The maximum atomic E-state index is 12.7. The van der Waals surface area contributed by atoms with Crippen LogP contribution in [0.2, 0.25) is 9.49 Å². The Hall–Kier alpha value is -0.660. The van der Waals surface area contributed by atoms with Crippen molar-refractivity contribution in [3.8, 4) is 0 Å². The van der Waals surface area contributed by atoms with Gasteiger partial charge in [-0.1, -0.05) is 53.6 Å². The summed E-state index contributed by atoms with van der Waals surface area (Å²) in [5.41, 5.74) is 1.26. The maximum absolute atomic E-state index is 12.7. The van der Waals surface area contributed by atoms with Crippen LogP contribution in [0.4, 0.5) is 0 Å². The lowest BCUT2D eigenvalue weighted by Crippen LogP contribution is -2.30. The Bertz CT molecular complexity index is 744. The summed E-state index contributed by atoms with van der Waals surface area (Å²) >= 11 is 12.7. The average molecular weight is 365 g/mol. The Labute approximate surface area is 138 Å². The van der Waals surface area contributed by atoms with Crippen LogP contribution in [-0.4, -0.2) is 24.3 Å². The zero-order chi connectivity index (χ0) is 15.6. The van der Waals surface area contributed by atoms with Gasteiger partial charge < -0.3 is 0 Å². The van der Waals surface area contributed by atoms with E-state index in [1.54, 1.807) is 32.0 Å². The zero-order valence-corrected chi connectivity index (χ0v) is 14.7. The van der Waals surface area contributed by atoms with Crippen molar-refractivity contribution >= 4 is 44.6 Å². The predicted octanol–water partition coefficient (Wildman–Crippen LogP) is 3.97. The van der Waals surface area contributed by atoms with Gasteiger partial charge in [0.15, 0.2) is 8.68 Å². The number of sulfonamides is 1. The Morgan fingerprint density at radius 2 is 2.05 bits per heavy atom. The molecule has 0 aliphatic rings. The summed E-state index contributed by atoms with van der Waals surface area (Å²) in [6, 6.07) is 7.15. The molecule has 2 aromatic rings. The van der Waals surface area contributed by atoms with E-state index >= 15 is 0 Å². The monoisotopic (exact) mass is 364 g/mol. The molecule has 0 aliphatic heterocycles.